The number of ether oxygens (including phenoxy) is 1. The maximum absolute atomic E-state index is 12.4. The van der Waals surface area contributed by atoms with Crippen molar-refractivity contribution in [3.05, 3.63) is 17.0 Å². The first-order valence-corrected chi connectivity index (χ1v) is 8.51. The minimum Gasteiger partial charge on any atom is -0.376 e. The third kappa shape index (κ3) is 2.92. The number of rotatable bonds is 2. The minimum absolute atomic E-state index is 0.00684. The lowest BCUT2D eigenvalue weighted by molar-refractivity contribution is 0.0513. The molecule has 0 bridgehead atoms. The molecule has 1 spiro atoms. The van der Waals surface area contributed by atoms with Gasteiger partial charge >= 0.3 is 6.03 Å². The molecule has 2 aliphatic rings. The first-order valence-electron chi connectivity index (χ1n) is 8.51. The summed E-state index contributed by atoms with van der Waals surface area (Å²) in [6.45, 7) is 8.48. The first-order chi connectivity index (χ1) is 11.3. The molecule has 3 heterocycles. The number of carbonyl (C=O) groups excluding carboxylic acids is 1. The summed E-state index contributed by atoms with van der Waals surface area (Å²) < 4.78 is 5.87. The van der Waals surface area contributed by atoms with Crippen molar-refractivity contribution in [3.8, 4) is 0 Å². The fourth-order valence-electron chi connectivity index (χ4n) is 3.50. The van der Waals surface area contributed by atoms with E-state index in [1.165, 1.54) is 0 Å². The zero-order valence-corrected chi connectivity index (χ0v) is 15.2. The number of carbonyl (C=O) groups is 1. The Balaban J connectivity index is 1.93. The van der Waals surface area contributed by atoms with Crippen molar-refractivity contribution in [1.29, 1.82) is 0 Å². The van der Waals surface area contributed by atoms with Crippen LogP contribution in [0.5, 0.6) is 0 Å². The van der Waals surface area contributed by atoms with Crippen LogP contribution in [0.4, 0.5) is 10.7 Å². The van der Waals surface area contributed by atoms with Gasteiger partial charge in [-0.2, -0.15) is 0 Å². The van der Waals surface area contributed by atoms with Gasteiger partial charge in [-0.25, -0.2) is 14.8 Å². The molecule has 0 aliphatic carbocycles. The molecule has 1 saturated heterocycles. The first kappa shape index (κ1) is 17.0. The van der Waals surface area contributed by atoms with Gasteiger partial charge in [0.1, 0.15) is 0 Å². The van der Waals surface area contributed by atoms with E-state index in [9.17, 15) is 4.79 Å². The van der Waals surface area contributed by atoms with Crippen LogP contribution in [-0.4, -0.2) is 60.7 Å². The van der Waals surface area contributed by atoms with Crippen LogP contribution in [0.25, 0.3) is 0 Å². The quantitative estimate of drug-likeness (QED) is 0.887. The second-order valence-corrected chi connectivity index (χ2v) is 7.38. The Bertz CT molecular complexity index is 646. The molecule has 1 aromatic heterocycles. The van der Waals surface area contributed by atoms with Crippen molar-refractivity contribution in [3.63, 3.8) is 0 Å². The summed E-state index contributed by atoms with van der Waals surface area (Å²) in [5.41, 5.74) is 2.89. The topological polar surface area (TPSA) is 70.6 Å². The molecule has 7 nitrogen and oxygen atoms in total. The Morgan fingerprint density at radius 2 is 2.12 bits per heavy atom. The van der Waals surface area contributed by atoms with Crippen molar-refractivity contribution in [2.24, 2.45) is 0 Å². The van der Waals surface area contributed by atoms with Crippen molar-refractivity contribution in [2.45, 2.75) is 45.3 Å². The number of nitrogens with zero attached hydrogens (tertiary/aromatic N) is 4. The zero-order valence-electron chi connectivity index (χ0n) is 15.2. The van der Waals surface area contributed by atoms with Gasteiger partial charge < -0.3 is 19.9 Å². The van der Waals surface area contributed by atoms with Crippen LogP contribution in [0.15, 0.2) is 0 Å². The zero-order chi connectivity index (χ0) is 17.5. The standard InChI is InChI=1S/C17H27N5O2/c1-11(2)18-16(23)22-7-6-17(9-22)10-24-8-13-12(3)19-15(21(4)5)20-14(13)17/h11H,6-10H2,1-5H3,(H,18,23). The van der Waals surface area contributed by atoms with E-state index in [1.54, 1.807) is 0 Å². The number of anilines is 1. The summed E-state index contributed by atoms with van der Waals surface area (Å²) in [7, 11) is 3.90. The molecule has 1 N–H and O–H groups in total. The molecule has 0 aromatic carbocycles. The second kappa shape index (κ2) is 6.20. The molecule has 0 saturated carbocycles. The van der Waals surface area contributed by atoms with E-state index < -0.39 is 0 Å². The summed E-state index contributed by atoms with van der Waals surface area (Å²) in [4.78, 5) is 25.6. The lowest BCUT2D eigenvalue weighted by atomic mass is 9.80. The number of fused-ring (bicyclic) bond motifs is 2. The van der Waals surface area contributed by atoms with Gasteiger partial charge in [-0.15, -0.1) is 0 Å². The monoisotopic (exact) mass is 333 g/mol. The van der Waals surface area contributed by atoms with E-state index in [1.807, 2.05) is 44.7 Å². The Labute approximate surface area is 143 Å². The van der Waals surface area contributed by atoms with Crippen LogP contribution >= 0.6 is 0 Å². The Kier molecular flexibility index (Phi) is 4.38. The molecule has 1 fully saturated rings. The molecule has 7 heteroatoms. The van der Waals surface area contributed by atoms with E-state index in [2.05, 4.69) is 10.3 Å². The average Bonchev–Trinajstić information content (AvgIpc) is 2.92. The fraction of sp³-hybridized carbons (Fsp3) is 0.706. The fourth-order valence-corrected chi connectivity index (χ4v) is 3.50. The number of aromatic nitrogens is 2. The van der Waals surface area contributed by atoms with E-state index >= 15 is 0 Å². The van der Waals surface area contributed by atoms with E-state index in [-0.39, 0.29) is 17.5 Å². The molecule has 1 aromatic rings. The number of nitrogens with one attached hydrogen (secondary N) is 1. The van der Waals surface area contributed by atoms with Crippen LogP contribution in [0.2, 0.25) is 0 Å². The number of hydrogen-bond donors (Lipinski definition) is 1. The van der Waals surface area contributed by atoms with Gasteiger partial charge in [-0.05, 0) is 27.2 Å². The summed E-state index contributed by atoms with van der Waals surface area (Å²) >= 11 is 0. The number of aryl methyl sites for hydroxylation is 1. The van der Waals surface area contributed by atoms with Gasteiger partial charge in [-0.1, -0.05) is 0 Å². The number of amides is 2. The van der Waals surface area contributed by atoms with Crippen molar-refractivity contribution >= 4 is 12.0 Å². The second-order valence-electron chi connectivity index (χ2n) is 7.38. The molecular weight excluding hydrogens is 306 g/mol. The van der Waals surface area contributed by atoms with E-state index in [0.717, 1.165) is 35.9 Å². The summed E-state index contributed by atoms with van der Waals surface area (Å²) in [6.07, 6.45) is 0.870. The highest BCUT2D eigenvalue weighted by atomic mass is 16.5. The molecule has 132 valence electrons. The van der Waals surface area contributed by atoms with Crippen LogP contribution in [0.3, 0.4) is 0 Å². The lowest BCUT2D eigenvalue weighted by Crippen LogP contribution is -2.46. The summed E-state index contributed by atoms with van der Waals surface area (Å²) in [5.74, 6) is 0.720. The maximum Gasteiger partial charge on any atom is 0.317 e. The van der Waals surface area contributed by atoms with Crippen LogP contribution in [-0.2, 0) is 16.8 Å². The molecule has 1 atom stereocenters. The highest BCUT2D eigenvalue weighted by molar-refractivity contribution is 5.75. The predicted molar refractivity (Wildman–Crippen MR) is 92.3 cm³/mol. The van der Waals surface area contributed by atoms with Gasteiger partial charge in [0, 0.05) is 44.5 Å². The molecule has 3 rings (SSSR count). The van der Waals surface area contributed by atoms with Gasteiger partial charge in [0.25, 0.3) is 0 Å². The van der Waals surface area contributed by atoms with Gasteiger partial charge in [0.05, 0.1) is 24.3 Å². The molecule has 1 unspecified atom stereocenters. The van der Waals surface area contributed by atoms with Gasteiger partial charge in [0.2, 0.25) is 5.95 Å². The van der Waals surface area contributed by atoms with Crippen LogP contribution in [0.1, 0.15) is 37.2 Å². The van der Waals surface area contributed by atoms with Gasteiger partial charge in [-0.3, -0.25) is 0 Å². The van der Waals surface area contributed by atoms with E-state index in [0.29, 0.717) is 19.8 Å². The minimum atomic E-state index is -0.222. The highest BCUT2D eigenvalue weighted by Gasteiger charge is 2.46. The summed E-state index contributed by atoms with van der Waals surface area (Å²) in [6, 6.07) is 0.126. The Morgan fingerprint density at radius 3 is 2.79 bits per heavy atom. The number of likely N-dealkylation sites (tertiary alicyclic amines) is 1. The summed E-state index contributed by atoms with van der Waals surface area (Å²) in [5, 5.41) is 2.98. The molecule has 0 radical (unpaired) electrons. The predicted octanol–water partition coefficient (Wildman–Crippen LogP) is 1.44. The smallest absolute Gasteiger partial charge is 0.317 e. The van der Waals surface area contributed by atoms with Crippen molar-refractivity contribution < 1.29 is 9.53 Å². The number of hydrogen-bond acceptors (Lipinski definition) is 5. The van der Waals surface area contributed by atoms with E-state index in [4.69, 9.17) is 9.72 Å². The Morgan fingerprint density at radius 1 is 1.38 bits per heavy atom. The number of urea groups is 1. The molecular formula is C17H27N5O2. The third-order valence-corrected chi connectivity index (χ3v) is 4.78. The van der Waals surface area contributed by atoms with Crippen LogP contribution in [0, 0.1) is 6.92 Å². The van der Waals surface area contributed by atoms with Crippen LogP contribution < -0.4 is 10.2 Å². The lowest BCUT2D eigenvalue weighted by Gasteiger charge is -2.35. The normalized spacial score (nSPS) is 22.8. The molecule has 24 heavy (non-hydrogen) atoms. The average molecular weight is 333 g/mol. The molecule has 2 amide bonds. The van der Waals surface area contributed by atoms with Crippen molar-refractivity contribution in [2.75, 3.05) is 38.7 Å². The maximum atomic E-state index is 12.4. The van der Waals surface area contributed by atoms with Gasteiger partial charge in [0.15, 0.2) is 0 Å². The Hall–Kier alpha value is -1.89. The van der Waals surface area contributed by atoms with Crippen molar-refractivity contribution in [1.82, 2.24) is 20.2 Å². The largest absolute Gasteiger partial charge is 0.376 e. The SMILES string of the molecule is Cc1nc(N(C)C)nc2c1COCC21CCN(C(=O)NC(C)C)C1. The molecule has 2 aliphatic heterocycles. The third-order valence-electron chi connectivity index (χ3n) is 4.78. The highest BCUT2D eigenvalue weighted by Crippen LogP contribution is 2.40.